The maximum absolute atomic E-state index is 9.94. The molecule has 1 N–H and O–H groups in total. The summed E-state index contributed by atoms with van der Waals surface area (Å²) in [6.07, 6.45) is 0. The Labute approximate surface area is 346 Å². The predicted molar refractivity (Wildman–Crippen MR) is 250 cm³/mol. The Morgan fingerprint density at radius 1 is 0.300 bits per heavy atom. The minimum Gasteiger partial charge on any atom is -0.392 e. The van der Waals surface area contributed by atoms with Crippen LogP contribution in [-0.4, -0.2) is 18.8 Å². The molecule has 0 bridgehead atoms. The highest BCUT2D eigenvalue weighted by molar-refractivity contribution is 6.11. The second-order valence-electron chi connectivity index (χ2n) is 15.5. The van der Waals surface area contributed by atoms with Gasteiger partial charge in [-0.15, -0.1) is 0 Å². The molecule has 0 radical (unpaired) electrons. The topological polar surface area (TPSA) is 38.3 Å². The number of nitrogens with zero attached hydrogens (tertiary/aromatic N) is 4. The first kappa shape index (κ1) is 34.2. The lowest BCUT2D eigenvalue weighted by Crippen LogP contribution is -2.10. The van der Waals surface area contributed by atoms with Crippen LogP contribution in [0.15, 0.2) is 212 Å². The van der Waals surface area contributed by atoms with Gasteiger partial charge in [-0.2, -0.15) is 0 Å². The molecule has 5 nitrogen and oxygen atoms in total. The van der Waals surface area contributed by atoms with E-state index in [1.165, 1.54) is 49.0 Å². The van der Waals surface area contributed by atoms with Crippen molar-refractivity contribution in [3.8, 4) is 17.1 Å². The van der Waals surface area contributed by atoms with Crippen molar-refractivity contribution in [2.75, 3.05) is 4.90 Å². The molecule has 0 aliphatic carbocycles. The molecule has 0 unspecified atom stereocenters. The molecule has 0 spiro atoms. The summed E-state index contributed by atoms with van der Waals surface area (Å²) in [5.41, 5.74) is 14.4. The van der Waals surface area contributed by atoms with Crippen LogP contribution in [0.2, 0.25) is 0 Å². The van der Waals surface area contributed by atoms with Gasteiger partial charge in [-0.1, -0.05) is 97.1 Å². The summed E-state index contributed by atoms with van der Waals surface area (Å²) in [5.74, 6) is 0. The van der Waals surface area contributed by atoms with Crippen molar-refractivity contribution >= 4 is 82.5 Å². The van der Waals surface area contributed by atoms with E-state index >= 15 is 0 Å². The molecule has 0 aliphatic rings. The number of anilines is 3. The van der Waals surface area contributed by atoms with Gasteiger partial charge < -0.3 is 23.7 Å². The predicted octanol–water partition coefficient (Wildman–Crippen LogP) is 13.9. The fourth-order valence-corrected chi connectivity index (χ4v) is 9.50. The summed E-state index contributed by atoms with van der Waals surface area (Å²) in [6.45, 7) is 0.0131. The van der Waals surface area contributed by atoms with Crippen LogP contribution >= 0.6 is 0 Å². The Hall–Kier alpha value is -7.86. The fraction of sp³-hybridized carbons (Fsp3) is 0.0182. The van der Waals surface area contributed by atoms with Gasteiger partial charge in [0.2, 0.25) is 0 Å². The minimum absolute atomic E-state index is 0.0131. The second kappa shape index (κ2) is 13.6. The summed E-state index contributed by atoms with van der Waals surface area (Å²) in [6, 6.07) is 76.1. The Balaban J connectivity index is 0.994. The van der Waals surface area contributed by atoms with Crippen LogP contribution in [0.3, 0.4) is 0 Å². The van der Waals surface area contributed by atoms with Gasteiger partial charge in [0.25, 0.3) is 0 Å². The van der Waals surface area contributed by atoms with Crippen molar-refractivity contribution in [3.05, 3.63) is 218 Å². The van der Waals surface area contributed by atoms with Crippen LogP contribution in [0.4, 0.5) is 17.1 Å². The number of aliphatic hydroxyl groups excluding tert-OH is 1. The quantitative estimate of drug-likeness (QED) is 0.175. The molecule has 3 aromatic heterocycles. The third kappa shape index (κ3) is 5.23. The average molecular weight is 771 g/mol. The van der Waals surface area contributed by atoms with Crippen molar-refractivity contribution in [1.29, 1.82) is 0 Å². The Bertz CT molecular complexity index is 3310. The molecule has 3 heterocycles. The third-order valence-corrected chi connectivity index (χ3v) is 12.2. The zero-order chi connectivity index (χ0) is 39.7. The Morgan fingerprint density at radius 3 is 0.900 bits per heavy atom. The second-order valence-corrected chi connectivity index (χ2v) is 15.5. The van der Waals surface area contributed by atoms with E-state index in [2.05, 4.69) is 225 Å². The van der Waals surface area contributed by atoms with Crippen LogP contribution in [0.25, 0.3) is 82.5 Å². The first-order valence-corrected chi connectivity index (χ1v) is 20.4. The maximum Gasteiger partial charge on any atom is 0.0682 e. The van der Waals surface area contributed by atoms with E-state index in [0.29, 0.717) is 0 Å². The van der Waals surface area contributed by atoms with Gasteiger partial charge in [-0.3, -0.25) is 0 Å². The Morgan fingerprint density at radius 2 is 0.583 bits per heavy atom. The summed E-state index contributed by atoms with van der Waals surface area (Å²) >= 11 is 0. The van der Waals surface area contributed by atoms with E-state index in [4.69, 9.17) is 0 Å². The minimum atomic E-state index is 0.0131. The molecular formula is C55H38N4O. The number of aliphatic hydroxyl groups is 1. The highest BCUT2D eigenvalue weighted by Gasteiger charge is 2.18. The van der Waals surface area contributed by atoms with Crippen LogP contribution in [0, 0.1) is 0 Å². The van der Waals surface area contributed by atoms with Gasteiger partial charge in [0.1, 0.15) is 0 Å². The molecule has 0 fully saturated rings. The van der Waals surface area contributed by atoms with Gasteiger partial charge in [-0.05, 0) is 121 Å². The first-order valence-electron chi connectivity index (χ1n) is 20.4. The van der Waals surface area contributed by atoms with Crippen molar-refractivity contribution < 1.29 is 5.11 Å². The van der Waals surface area contributed by atoms with E-state index in [9.17, 15) is 5.11 Å². The molecular weight excluding hydrogens is 733 g/mol. The number of aromatic nitrogens is 3. The van der Waals surface area contributed by atoms with Gasteiger partial charge in [0.05, 0.1) is 39.7 Å². The number of hydrogen-bond donors (Lipinski definition) is 1. The molecule has 5 heteroatoms. The molecule has 284 valence electrons. The summed E-state index contributed by atoms with van der Waals surface area (Å²) in [4.78, 5) is 2.34. The zero-order valence-corrected chi connectivity index (χ0v) is 32.7. The van der Waals surface area contributed by atoms with E-state index in [1.807, 2.05) is 6.07 Å². The van der Waals surface area contributed by atoms with Gasteiger partial charge in [-0.25, -0.2) is 0 Å². The maximum atomic E-state index is 9.94. The summed E-state index contributed by atoms with van der Waals surface area (Å²) in [7, 11) is 0. The van der Waals surface area contributed by atoms with Crippen molar-refractivity contribution in [2.45, 2.75) is 6.61 Å². The van der Waals surface area contributed by atoms with Gasteiger partial charge >= 0.3 is 0 Å². The van der Waals surface area contributed by atoms with E-state index in [-0.39, 0.29) is 6.61 Å². The normalized spacial score (nSPS) is 11.8. The van der Waals surface area contributed by atoms with Crippen LogP contribution in [0.5, 0.6) is 0 Å². The zero-order valence-electron chi connectivity index (χ0n) is 32.7. The van der Waals surface area contributed by atoms with Crippen LogP contribution in [0.1, 0.15) is 5.56 Å². The third-order valence-electron chi connectivity index (χ3n) is 12.2. The monoisotopic (exact) mass is 770 g/mol. The molecule has 9 aromatic carbocycles. The molecule has 0 saturated heterocycles. The number of hydrogen-bond acceptors (Lipinski definition) is 2. The van der Waals surface area contributed by atoms with E-state index in [0.717, 1.165) is 56.1 Å². The molecule has 0 saturated carbocycles. The summed E-state index contributed by atoms with van der Waals surface area (Å²) in [5, 5.41) is 17.2. The average Bonchev–Trinajstić information content (AvgIpc) is 3.96. The number of rotatable bonds is 7. The highest BCUT2D eigenvalue weighted by atomic mass is 16.3. The smallest absolute Gasteiger partial charge is 0.0682 e. The SMILES string of the molecule is OCc1ccc2c(c1)c1ccccc1n2-c1ccc(N(c2ccc(-n3c4ccccc4c4ccccc43)cc2)c2ccc(-n3c4ccccc4c4ccccc43)cc2)cc1. The van der Waals surface area contributed by atoms with Crippen LogP contribution < -0.4 is 4.90 Å². The van der Waals surface area contributed by atoms with Gasteiger partial charge in [0, 0.05) is 66.4 Å². The largest absolute Gasteiger partial charge is 0.392 e. The van der Waals surface area contributed by atoms with Crippen molar-refractivity contribution in [1.82, 2.24) is 13.7 Å². The number of para-hydroxylation sites is 5. The van der Waals surface area contributed by atoms with E-state index in [1.54, 1.807) is 0 Å². The van der Waals surface area contributed by atoms with Gasteiger partial charge in [0.15, 0.2) is 0 Å². The summed E-state index contributed by atoms with van der Waals surface area (Å²) < 4.78 is 7.05. The molecule has 0 amide bonds. The standard InChI is InChI=1S/C55H38N4O/c60-36-37-21-34-55-49(35-37)48-15-5-10-20-54(48)59(55)43-32-26-40(27-33-43)56(38-22-28-41(29-23-38)57-50-16-6-1-11-44(50)45-12-2-7-17-51(45)57)39-24-30-42(31-25-39)58-52-18-8-3-13-46(52)47-14-4-9-19-53(47)58/h1-35,60H,36H2. The molecule has 12 aromatic rings. The molecule has 60 heavy (non-hydrogen) atoms. The lowest BCUT2D eigenvalue weighted by atomic mass is 10.1. The van der Waals surface area contributed by atoms with Crippen molar-refractivity contribution in [2.24, 2.45) is 0 Å². The highest BCUT2D eigenvalue weighted by Crippen LogP contribution is 2.40. The number of benzene rings is 9. The first-order chi connectivity index (χ1) is 29.7. The Kier molecular flexibility index (Phi) is 7.77. The lowest BCUT2D eigenvalue weighted by molar-refractivity contribution is 0.282. The molecule has 0 atom stereocenters. The van der Waals surface area contributed by atoms with E-state index < -0.39 is 0 Å². The lowest BCUT2D eigenvalue weighted by Gasteiger charge is -2.26. The van der Waals surface area contributed by atoms with Crippen LogP contribution in [-0.2, 0) is 6.61 Å². The molecule has 0 aliphatic heterocycles. The number of fused-ring (bicyclic) bond motifs is 9. The van der Waals surface area contributed by atoms with Crippen molar-refractivity contribution in [3.63, 3.8) is 0 Å². The molecule has 12 rings (SSSR count). The fourth-order valence-electron chi connectivity index (χ4n) is 9.50.